The maximum absolute atomic E-state index is 12.5. The van der Waals surface area contributed by atoms with Gasteiger partial charge in [0, 0.05) is 30.9 Å². The molecule has 0 bridgehead atoms. The first-order valence-corrected chi connectivity index (χ1v) is 9.01. The van der Waals surface area contributed by atoms with Gasteiger partial charge in [-0.3, -0.25) is 9.78 Å². The molecule has 1 aromatic heterocycles. The average molecular weight is 354 g/mol. The summed E-state index contributed by atoms with van der Waals surface area (Å²) in [5.41, 5.74) is 4.17. The normalized spacial score (nSPS) is 19.6. The molecule has 0 aliphatic carbocycles. The van der Waals surface area contributed by atoms with Crippen molar-refractivity contribution in [3.05, 3.63) is 58.9 Å². The molecule has 2 heterocycles. The summed E-state index contributed by atoms with van der Waals surface area (Å²) < 4.78 is 5.83. The summed E-state index contributed by atoms with van der Waals surface area (Å²) in [7, 11) is 0. The third-order valence-electron chi connectivity index (χ3n) is 5.17. The van der Waals surface area contributed by atoms with Crippen LogP contribution in [0.25, 0.3) is 0 Å². The minimum Gasteiger partial charge on any atom is -0.483 e. The van der Waals surface area contributed by atoms with E-state index in [4.69, 9.17) is 4.74 Å². The van der Waals surface area contributed by atoms with E-state index in [1.54, 1.807) is 11.1 Å². The number of hydrogen-bond donors (Lipinski definition) is 1. The maximum atomic E-state index is 12.5. The number of aliphatic hydroxyl groups excluding tert-OH is 1. The molecule has 0 radical (unpaired) electrons. The van der Waals surface area contributed by atoms with E-state index in [9.17, 15) is 9.90 Å². The van der Waals surface area contributed by atoms with Gasteiger partial charge in [-0.05, 0) is 56.0 Å². The van der Waals surface area contributed by atoms with Gasteiger partial charge in [0.1, 0.15) is 5.75 Å². The molecule has 2 atom stereocenters. The van der Waals surface area contributed by atoms with Crippen LogP contribution in [0, 0.1) is 26.7 Å². The van der Waals surface area contributed by atoms with E-state index in [0.29, 0.717) is 19.5 Å². The number of aryl methyl sites for hydroxylation is 2. The van der Waals surface area contributed by atoms with Crippen LogP contribution in [0.5, 0.6) is 5.75 Å². The third kappa shape index (κ3) is 4.05. The number of amides is 1. The van der Waals surface area contributed by atoms with Crippen LogP contribution in [0.1, 0.15) is 22.4 Å². The Bertz CT molecular complexity index is 776. The number of rotatable bonds is 5. The lowest BCUT2D eigenvalue weighted by Gasteiger charge is -2.18. The SMILES string of the molecule is Cc1ccc(C)c(OCC(=O)N2C[C@@H](Cc3ccccn3)[C@H](O)C2)c1C. The molecule has 0 spiro atoms. The van der Waals surface area contributed by atoms with Crippen molar-refractivity contribution in [3.63, 3.8) is 0 Å². The lowest BCUT2D eigenvalue weighted by atomic mass is 10.00. The second kappa shape index (κ2) is 7.87. The van der Waals surface area contributed by atoms with Crippen molar-refractivity contribution in [3.8, 4) is 5.75 Å². The van der Waals surface area contributed by atoms with Gasteiger partial charge < -0.3 is 14.7 Å². The molecule has 1 fully saturated rings. The molecule has 138 valence electrons. The largest absolute Gasteiger partial charge is 0.483 e. The molecule has 1 aliphatic heterocycles. The Labute approximate surface area is 154 Å². The fraction of sp³-hybridized carbons (Fsp3) is 0.429. The molecule has 1 aliphatic rings. The molecule has 5 nitrogen and oxygen atoms in total. The number of carbonyl (C=O) groups is 1. The van der Waals surface area contributed by atoms with E-state index in [0.717, 1.165) is 28.1 Å². The molecule has 1 saturated heterocycles. The Morgan fingerprint density at radius 2 is 1.96 bits per heavy atom. The minimum atomic E-state index is -0.525. The van der Waals surface area contributed by atoms with E-state index < -0.39 is 6.10 Å². The lowest BCUT2D eigenvalue weighted by Crippen LogP contribution is -2.34. The zero-order valence-electron chi connectivity index (χ0n) is 15.6. The van der Waals surface area contributed by atoms with Gasteiger partial charge in [-0.1, -0.05) is 18.2 Å². The first kappa shape index (κ1) is 18.4. The molecule has 0 saturated carbocycles. The summed E-state index contributed by atoms with van der Waals surface area (Å²) in [6.45, 7) is 6.90. The summed E-state index contributed by atoms with van der Waals surface area (Å²) in [6.07, 6.45) is 1.89. The number of hydrogen-bond acceptors (Lipinski definition) is 4. The zero-order chi connectivity index (χ0) is 18.7. The van der Waals surface area contributed by atoms with Gasteiger partial charge >= 0.3 is 0 Å². The van der Waals surface area contributed by atoms with E-state index in [2.05, 4.69) is 11.1 Å². The van der Waals surface area contributed by atoms with Gasteiger partial charge in [-0.15, -0.1) is 0 Å². The monoisotopic (exact) mass is 354 g/mol. The van der Waals surface area contributed by atoms with Crippen molar-refractivity contribution in [1.29, 1.82) is 0 Å². The van der Waals surface area contributed by atoms with Crippen molar-refractivity contribution in [2.45, 2.75) is 33.3 Å². The van der Waals surface area contributed by atoms with E-state index >= 15 is 0 Å². The Morgan fingerprint density at radius 1 is 1.19 bits per heavy atom. The number of likely N-dealkylation sites (tertiary alicyclic amines) is 1. The number of aromatic nitrogens is 1. The van der Waals surface area contributed by atoms with E-state index in [-0.39, 0.29) is 18.4 Å². The van der Waals surface area contributed by atoms with Gasteiger partial charge in [0.15, 0.2) is 6.61 Å². The summed E-state index contributed by atoms with van der Waals surface area (Å²) in [4.78, 5) is 18.5. The van der Waals surface area contributed by atoms with Crippen LogP contribution >= 0.6 is 0 Å². The fourth-order valence-corrected chi connectivity index (χ4v) is 3.42. The number of benzene rings is 1. The summed E-state index contributed by atoms with van der Waals surface area (Å²) >= 11 is 0. The molecule has 1 aromatic carbocycles. The molecule has 1 amide bonds. The highest BCUT2D eigenvalue weighted by Gasteiger charge is 2.34. The highest BCUT2D eigenvalue weighted by Crippen LogP contribution is 2.26. The van der Waals surface area contributed by atoms with Crippen LogP contribution in [0.4, 0.5) is 0 Å². The van der Waals surface area contributed by atoms with Gasteiger partial charge in [0.05, 0.1) is 6.10 Å². The van der Waals surface area contributed by atoms with Crippen molar-refractivity contribution < 1.29 is 14.6 Å². The van der Waals surface area contributed by atoms with Crippen molar-refractivity contribution in [2.24, 2.45) is 5.92 Å². The molecule has 5 heteroatoms. The Balaban J connectivity index is 1.58. The lowest BCUT2D eigenvalue weighted by molar-refractivity contribution is -0.132. The molecule has 26 heavy (non-hydrogen) atoms. The standard InChI is InChI=1S/C21H26N2O3/c1-14-7-8-15(2)21(16(14)3)26-13-20(25)23-11-17(19(24)12-23)10-18-6-4-5-9-22-18/h4-9,17,19,24H,10-13H2,1-3H3/t17-,19-/m1/s1. The highest BCUT2D eigenvalue weighted by molar-refractivity contribution is 5.78. The number of nitrogens with zero attached hydrogens (tertiary/aromatic N) is 2. The second-order valence-corrected chi connectivity index (χ2v) is 7.09. The van der Waals surface area contributed by atoms with Crippen molar-refractivity contribution in [2.75, 3.05) is 19.7 Å². The van der Waals surface area contributed by atoms with Crippen LogP contribution < -0.4 is 4.74 Å². The smallest absolute Gasteiger partial charge is 0.260 e. The van der Waals surface area contributed by atoms with Gasteiger partial charge in [-0.2, -0.15) is 0 Å². The quantitative estimate of drug-likeness (QED) is 0.896. The Morgan fingerprint density at radius 3 is 2.69 bits per heavy atom. The minimum absolute atomic E-state index is 0.00579. The summed E-state index contributed by atoms with van der Waals surface area (Å²) in [6, 6.07) is 9.82. The maximum Gasteiger partial charge on any atom is 0.260 e. The molecule has 2 aromatic rings. The van der Waals surface area contributed by atoms with Crippen LogP contribution in [0.15, 0.2) is 36.5 Å². The topological polar surface area (TPSA) is 62.7 Å². The van der Waals surface area contributed by atoms with Gasteiger partial charge in [0.25, 0.3) is 5.91 Å². The highest BCUT2D eigenvalue weighted by atomic mass is 16.5. The average Bonchev–Trinajstić information content (AvgIpc) is 3.00. The zero-order valence-corrected chi connectivity index (χ0v) is 15.6. The van der Waals surface area contributed by atoms with Crippen LogP contribution in [-0.4, -0.2) is 46.7 Å². The van der Waals surface area contributed by atoms with Crippen molar-refractivity contribution >= 4 is 5.91 Å². The van der Waals surface area contributed by atoms with Crippen molar-refractivity contribution in [1.82, 2.24) is 9.88 Å². The summed E-state index contributed by atoms with van der Waals surface area (Å²) in [5, 5.41) is 10.3. The Hall–Kier alpha value is -2.40. The predicted molar refractivity (Wildman–Crippen MR) is 100 cm³/mol. The molecule has 3 rings (SSSR count). The van der Waals surface area contributed by atoms with Gasteiger partial charge in [0.2, 0.25) is 0 Å². The number of aliphatic hydroxyl groups is 1. The number of β-amino-alcohol motifs (C(OH)–C–C–N with tert-alkyl or cyclic N) is 1. The number of ether oxygens (including phenoxy) is 1. The van der Waals surface area contributed by atoms with E-state index in [1.807, 2.05) is 45.0 Å². The van der Waals surface area contributed by atoms with Crippen LogP contribution in [0.3, 0.4) is 0 Å². The summed E-state index contributed by atoms with van der Waals surface area (Å²) in [5.74, 6) is 0.701. The van der Waals surface area contributed by atoms with Gasteiger partial charge in [-0.25, -0.2) is 0 Å². The number of carbonyl (C=O) groups excluding carboxylic acids is 1. The second-order valence-electron chi connectivity index (χ2n) is 7.09. The molecular formula is C21H26N2O3. The first-order chi connectivity index (χ1) is 12.5. The number of pyridine rings is 1. The fourth-order valence-electron chi connectivity index (χ4n) is 3.42. The Kier molecular flexibility index (Phi) is 5.57. The molecule has 0 unspecified atom stereocenters. The van der Waals surface area contributed by atoms with E-state index in [1.165, 1.54) is 0 Å². The third-order valence-corrected chi connectivity index (χ3v) is 5.17. The molecular weight excluding hydrogens is 328 g/mol. The predicted octanol–water partition coefficient (Wildman–Crippen LogP) is 2.45. The van der Waals surface area contributed by atoms with Crippen LogP contribution in [0.2, 0.25) is 0 Å². The van der Waals surface area contributed by atoms with Crippen LogP contribution in [-0.2, 0) is 11.2 Å². The molecule has 1 N–H and O–H groups in total. The first-order valence-electron chi connectivity index (χ1n) is 9.01.